The molecule has 2 fully saturated rings. The van der Waals surface area contributed by atoms with E-state index in [0.717, 1.165) is 86.6 Å². The number of pyridine rings is 1. The highest BCUT2D eigenvalue weighted by Crippen LogP contribution is 2.46. The van der Waals surface area contributed by atoms with Gasteiger partial charge in [-0.1, -0.05) is 130 Å². The Kier molecular flexibility index (Phi) is 34.4. The maximum Gasteiger partial charge on any atom is 0.422 e. The standard InChI is InChI=1S/C18H17NO2.C16H13ClN2O2.C13H13ClN2O3.C13H13ClN2O2.C12H10ClF3N2O3.C12H13ClN2O3.C11H11ClN2O3/c1-12-9-15-14(11-17(12)20-2)10-16(19-18(15)21-3)13-7-5-4-6-8-13;1-20-12-9-8-11-14(13(12)17)18-15(19-16(11)21-2)10-6-4-3-5-7-10;1-17-9-6-5-8-11(10(9)14)15-13(16-12(8)18-2)19-7-3-4-7;1-17-9-6-5-8-11(10(9)14)15-12(7-3-4-7)16-13(8)18-2;1-19-7-4-3-6-9(8(7)13)17-11(18-10(6)20-2)21-5-12(14,15)16;1-4-18-12-14-10-7(11(15-12)17-3)5-6-8(16-2)9(10)13;1-15-7-5-4-6-9(8(7)12)13-11(17-3)14-10(6)16-2/h4-11H,1-3H3;3-9H,1-2H3;5-7H,3-4H2,1-2H3;5-7H,3-4H2,1-2H3;3-4H,5H2,1-2H3;5-6H,4H2,1-3H3;4-5H,1-3H3. The van der Waals surface area contributed by atoms with Crippen molar-refractivity contribution in [3.63, 3.8) is 0 Å². The zero-order chi connectivity index (χ0) is 96.9. The number of fused-ring (bicyclic) bond motifs is 7. The normalized spacial score (nSPS) is 11.8. The average molecular weight is 1970 g/mol. The highest BCUT2D eigenvalue weighted by molar-refractivity contribution is 6.39. The molecule has 706 valence electrons. The summed E-state index contributed by atoms with van der Waals surface area (Å²) in [6, 6.07) is 47.3. The Morgan fingerprint density at radius 3 is 1.00 bits per heavy atom. The lowest BCUT2D eigenvalue weighted by atomic mass is 10.0. The maximum absolute atomic E-state index is 12.2. The van der Waals surface area contributed by atoms with Gasteiger partial charge in [0, 0.05) is 22.4 Å². The van der Waals surface area contributed by atoms with Crippen molar-refractivity contribution in [2.75, 3.05) is 120 Å². The van der Waals surface area contributed by atoms with Crippen LogP contribution in [0.3, 0.4) is 0 Å². The smallest absolute Gasteiger partial charge is 0.422 e. The number of hydrogen-bond donors (Lipinski definition) is 0. The van der Waals surface area contributed by atoms with E-state index in [9.17, 15) is 13.2 Å². The number of ether oxygens (including phenoxy) is 18. The second-order valence-corrected chi connectivity index (χ2v) is 30.8. The molecule has 9 aromatic carbocycles. The van der Waals surface area contributed by atoms with Gasteiger partial charge in [0.1, 0.15) is 115 Å². The zero-order valence-electron chi connectivity index (χ0n) is 75.9. The third-order valence-electron chi connectivity index (χ3n) is 20.0. The van der Waals surface area contributed by atoms with Crippen molar-refractivity contribution in [2.24, 2.45) is 0 Å². The lowest BCUT2D eigenvalue weighted by Crippen LogP contribution is -2.20. The van der Waals surface area contributed by atoms with E-state index in [-0.39, 0.29) is 34.5 Å². The molecule has 2 aliphatic carbocycles. The second kappa shape index (κ2) is 46.3. The molecule has 0 bridgehead atoms. The monoisotopic (exact) mass is 1970 g/mol. The lowest BCUT2D eigenvalue weighted by Gasteiger charge is -2.12. The molecule has 0 amide bonds. The summed E-state index contributed by atoms with van der Waals surface area (Å²) in [7, 11) is 23.2. The first-order chi connectivity index (χ1) is 65.2. The van der Waals surface area contributed by atoms with Crippen molar-refractivity contribution in [3.8, 4) is 128 Å². The minimum atomic E-state index is -4.50. The molecule has 0 spiro atoms. The number of aryl methyl sites for hydroxylation is 1. The highest BCUT2D eigenvalue weighted by Gasteiger charge is 2.32. The largest absolute Gasteiger partial charge is 0.496 e. The summed E-state index contributed by atoms with van der Waals surface area (Å²) >= 11 is 37.4. The number of rotatable bonds is 24. The van der Waals surface area contributed by atoms with E-state index in [1.165, 1.54) is 35.5 Å². The fraction of sp³-hybridized carbons (Fsp3) is 0.274. The minimum absolute atomic E-state index is 0.0572. The first-order valence-electron chi connectivity index (χ1n) is 40.9. The van der Waals surface area contributed by atoms with Crippen LogP contribution < -0.4 is 85.3 Å². The number of nitrogens with zero attached hydrogens (tertiary/aromatic N) is 13. The predicted octanol–water partition coefficient (Wildman–Crippen LogP) is 22.5. The molecule has 40 heteroatoms. The van der Waals surface area contributed by atoms with Crippen molar-refractivity contribution >= 4 is 146 Å². The van der Waals surface area contributed by atoms with Crippen LogP contribution in [0.5, 0.6) is 105 Å². The SMILES string of the molecule is CCOc1nc(OC)c2ccc(OC)c(Cl)c2n1.COc1cc2cc(-c3ccccc3)nc(OC)c2cc1C.COc1ccc2c(OC)nc(-c3ccccc3)nc2c1Cl.COc1ccc2c(OC)nc(C3CC3)nc2c1Cl.COc1ccc2c(OC)nc(OC3CC3)nc2c1Cl.COc1ccc2c(OC)nc(OCC(F)(F)F)nc2c1Cl.COc1nc(OC)c2ccc(OC)c(Cl)c2n1. The molecule has 18 rings (SSSR count). The van der Waals surface area contributed by atoms with Crippen molar-refractivity contribution in [1.29, 1.82) is 0 Å². The van der Waals surface area contributed by atoms with Crippen LogP contribution in [-0.4, -0.2) is 197 Å². The quantitative estimate of drug-likeness (QED) is 0.0542. The number of hydrogen-bond acceptors (Lipinski definition) is 31. The van der Waals surface area contributed by atoms with Crippen molar-refractivity contribution in [3.05, 3.63) is 193 Å². The fourth-order valence-electron chi connectivity index (χ4n) is 13.1. The van der Waals surface area contributed by atoms with Crippen LogP contribution in [0.1, 0.15) is 49.9 Å². The Balaban J connectivity index is 0.000000142. The Morgan fingerprint density at radius 2 is 0.637 bits per heavy atom. The fourth-order valence-corrected chi connectivity index (χ4v) is 14.8. The molecule has 0 unspecified atom stereocenters. The predicted molar refractivity (Wildman–Crippen MR) is 511 cm³/mol. The molecule has 0 radical (unpaired) electrons. The molecule has 0 atom stereocenters. The number of methoxy groups -OCH3 is 15. The van der Waals surface area contributed by atoms with E-state index in [0.29, 0.717) is 163 Å². The molecule has 0 aliphatic heterocycles. The Labute approximate surface area is 802 Å². The summed E-state index contributed by atoms with van der Waals surface area (Å²) in [5, 5.41) is 8.55. The van der Waals surface area contributed by atoms with Crippen LogP contribution in [0.4, 0.5) is 13.2 Å². The van der Waals surface area contributed by atoms with E-state index in [2.05, 4.69) is 81.7 Å². The summed E-state index contributed by atoms with van der Waals surface area (Å²) in [4.78, 5) is 55.5. The van der Waals surface area contributed by atoms with Gasteiger partial charge in [0.15, 0.2) is 12.4 Å². The van der Waals surface area contributed by atoms with Gasteiger partial charge in [-0.3, -0.25) is 0 Å². The summed E-state index contributed by atoms with van der Waals surface area (Å²) in [6.07, 6.45) is 0.0629. The summed E-state index contributed by atoms with van der Waals surface area (Å²) < 4.78 is 130. The summed E-state index contributed by atoms with van der Waals surface area (Å²) in [5.74, 6) is 8.91. The molecule has 135 heavy (non-hydrogen) atoms. The van der Waals surface area contributed by atoms with Gasteiger partial charge in [-0.05, 0) is 141 Å². The number of aromatic nitrogens is 13. The van der Waals surface area contributed by atoms with Crippen LogP contribution in [0.15, 0.2) is 152 Å². The van der Waals surface area contributed by atoms with Gasteiger partial charge in [0.05, 0.1) is 151 Å². The first-order valence-corrected chi connectivity index (χ1v) is 43.1. The molecule has 2 aliphatic rings. The summed E-state index contributed by atoms with van der Waals surface area (Å²) in [5.41, 5.74) is 7.08. The molecule has 7 heterocycles. The minimum Gasteiger partial charge on any atom is -0.496 e. The maximum atomic E-state index is 12.2. The second-order valence-electron chi connectivity index (χ2n) is 28.5. The topological polar surface area (TPSA) is 334 Å². The van der Waals surface area contributed by atoms with Crippen LogP contribution in [0.25, 0.3) is 98.8 Å². The Bertz CT molecular complexity index is 6880. The third-order valence-corrected chi connectivity index (χ3v) is 22.2. The van der Waals surface area contributed by atoms with Gasteiger partial charge < -0.3 is 85.3 Å². The van der Waals surface area contributed by atoms with Crippen LogP contribution in [-0.2, 0) is 0 Å². The number of benzene rings is 9. The lowest BCUT2D eigenvalue weighted by molar-refractivity contribution is -0.154. The van der Waals surface area contributed by atoms with E-state index in [1.54, 1.807) is 126 Å². The van der Waals surface area contributed by atoms with E-state index < -0.39 is 18.8 Å². The van der Waals surface area contributed by atoms with Gasteiger partial charge in [-0.2, -0.15) is 63.0 Å². The van der Waals surface area contributed by atoms with Gasteiger partial charge in [0.2, 0.25) is 41.2 Å². The van der Waals surface area contributed by atoms with Crippen LogP contribution >= 0.6 is 69.6 Å². The third kappa shape index (κ3) is 23.9. The molecule has 7 aromatic heterocycles. The van der Waals surface area contributed by atoms with Crippen LogP contribution in [0, 0.1) is 6.92 Å². The Morgan fingerprint density at radius 1 is 0.304 bits per heavy atom. The molecule has 16 aromatic rings. The Hall–Kier alpha value is -13.6. The van der Waals surface area contributed by atoms with Gasteiger partial charge in [-0.25, -0.2) is 15.0 Å². The van der Waals surface area contributed by atoms with Crippen molar-refractivity contribution < 1.29 is 98.4 Å². The van der Waals surface area contributed by atoms with Crippen molar-refractivity contribution in [1.82, 2.24) is 64.8 Å². The van der Waals surface area contributed by atoms with Gasteiger partial charge in [-0.15, -0.1) is 0 Å². The molecular weight excluding hydrogens is 1880 g/mol. The number of alkyl halides is 3. The van der Waals surface area contributed by atoms with Crippen molar-refractivity contribution in [2.45, 2.75) is 57.7 Å². The van der Waals surface area contributed by atoms with Gasteiger partial charge in [0.25, 0.3) is 0 Å². The highest BCUT2D eigenvalue weighted by atomic mass is 35.5. The van der Waals surface area contributed by atoms with Gasteiger partial charge >= 0.3 is 30.2 Å². The number of halogens is 9. The molecule has 31 nitrogen and oxygen atoms in total. The van der Waals surface area contributed by atoms with E-state index >= 15 is 0 Å². The molecule has 0 saturated heterocycles. The van der Waals surface area contributed by atoms with E-state index in [1.807, 2.05) is 98.8 Å². The molecule has 0 N–H and O–H groups in total. The van der Waals surface area contributed by atoms with Crippen LogP contribution in [0.2, 0.25) is 30.1 Å². The summed E-state index contributed by atoms with van der Waals surface area (Å²) in [6.45, 7) is 2.83. The first kappa shape index (κ1) is 100. The van der Waals surface area contributed by atoms with E-state index in [4.69, 9.17) is 150 Å². The zero-order valence-corrected chi connectivity index (χ0v) is 80.4. The average Bonchev–Trinajstić information content (AvgIpc) is 1.76. The molecule has 2 saturated carbocycles. The molecular formula is C95H90Cl6F3N13O18.